The van der Waals surface area contributed by atoms with Gasteiger partial charge in [-0.1, -0.05) is 6.07 Å². The Morgan fingerprint density at radius 1 is 1.31 bits per heavy atom. The Balaban J connectivity index is 2.23. The molecule has 0 saturated heterocycles. The van der Waals surface area contributed by atoms with Gasteiger partial charge in [-0.25, -0.2) is 0 Å². The lowest BCUT2D eigenvalue weighted by molar-refractivity contribution is -0.137. The van der Waals surface area contributed by atoms with Crippen LogP contribution in [0, 0.1) is 0 Å². The Bertz CT molecular complexity index is 410. The first-order chi connectivity index (χ1) is 7.30. The van der Waals surface area contributed by atoms with Crippen LogP contribution in [-0.2, 0) is 12.6 Å². The van der Waals surface area contributed by atoms with Crippen LogP contribution in [0.5, 0.6) is 5.75 Å². The van der Waals surface area contributed by atoms with Crippen molar-refractivity contribution in [3.63, 3.8) is 0 Å². The molecule has 2 rings (SSSR count). The second-order valence-electron chi connectivity index (χ2n) is 4.38. The zero-order valence-corrected chi connectivity index (χ0v) is 8.51. The highest BCUT2D eigenvalue weighted by Crippen LogP contribution is 2.39. The molecule has 0 bridgehead atoms. The average Bonchev–Trinajstić information content (AvgIpc) is 2.86. The molecule has 1 aliphatic rings. The molecule has 1 fully saturated rings. The fraction of sp³-hybridized carbons (Fsp3) is 0.455. The summed E-state index contributed by atoms with van der Waals surface area (Å²) in [6.07, 6.45) is -2.28. The van der Waals surface area contributed by atoms with E-state index in [9.17, 15) is 18.3 Å². The zero-order valence-electron chi connectivity index (χ0n) is 8.51. The lowest BCUT2D eigenvalue weighted by atomic mass is 10.0. The van der Waals surface area contributed by atoms with Crippen LogP contribution in [0.15, 0.2) is 18.2 Å². The van der Waals surface area contributed by atoms with Gasteiger partial charge in [-0.3, -0.25) is 0 Å². The fourth-order valence-corrected chi connectivity index (χ4v) is 1.61. The average molecular weight is 231 g/mol. The number of phenols is 1. The van der Waals surface area contributed by atoms with E-state index >= 15 is 0 Å². The van der Waals surface area contributed by atoms with Crippen molar-refractivity contribution >= 4 is 0 Å². The minimum atomic E-state index is -4.42. The first kappa shape index (κ1) is 11.3. The van der Waals surface area contributed by atoms with E-state index in [1.54, 1.807) is 0 Å². The minimum absolute atomic E-state index is 0.322. The quantitative estimate of drug-likeness (QED) is 0.821. The highest BCUT2D eigenvalue weighted by atomic mass is 19.4. The van der Waals surface area contributed by atoms with E-state index in [0.717, 1.165) is 25.0 Å². The van der Waals surface area contributed by atoms with E-state index in [-0.39, 0.29) is 11.3 Å². The van der Waals surface area contributed by atoms with Gasteiger partial charge in [0.2, 0.25) is 0 Å². The van der Waals surface area contributed by atoms with Crippen molar-refractivity contribution in [3.8, 4) is 5.75 Å². The predicted molar refractivity (Wildman–Crippen MR) is 53.0 cm³/mol. The number of nitrogens with two attached hydrogens (primary N) is 1. The van der Waals surface area contributed by atoms with Crippen molar-refractivity contribution < 1.29 is 18.3 Å². The second kappa shape index (κ2) is 3.38. The summed E-state index contributed by atoms with van der Waals surface area (Å²) in [6.45, 7) is 0. The van der Waals surface area contributed by atoms with Gasteiger partial charge >= 0.3 is 6.18 Å². The third kappa shape index (κ3) is 2.29. The Morgan fingerprint density at radius 2 is 1.94 bits per heavy atom. The number of aromatic hydroxyl groups is 1. The summed E-state index contributed by atoms with van der Waals surface area (Å²) >= 11 is 0. The summed E-state index contributed by atoms with van der Waals surface area (Å²) in [4.78, 5) is 0. The van der Waals surface area contributed by atoms with Gasteiger partial charge in [0.15, 0.2) is 0 Å². The molecular weight excluding hydrogens is 219 g/mol. The van der Waals surface area contributed by atoms with Crippen LogP contribution in [-0.4, -0.2) is 10.6 Å². The number of benzene rings is 1. The summed E-state index contributed by atoms with van der Waals surface area (Å²) in [5, 5.41) is 9.49. The van der Waals surface area contributed by atoms with E-state index in [1.165, 1.54) is 6.07 Å². The number of halogens is 3. The monoisotopic (exact) mass is 231 g/mol. The predicted octanol–water partition coefficient (Wildman–Crippen LogP) is 2.44. The Labute approximate surface area is 90.9 Å². The van der Waals surface area contributed by atoms with Gasteiger partial charge < -0.3 is 10.8 Å². The third-order valence-corrected chi connectivity index (χ3v) is 2.85. The first-order valence-corrected chi connectivity index (χ1v) is 4.98. The molecule has 0 amide bonds. The number of rotatable bonds is 2. The summed E-state index contributed by atoms with van der Waals surface area (Å²) in [6, 6.07) is 3.02. The summed E-state index contributed by atoms with van der Waals surface area (Å²) in [7, 11) is 0. The van der Waals surface area contributed by atoms with Crippen LogP contribution in [0.2, 0.25) is 0 Å². The largest absolute Gasteiger partial charge is 0.508 e. The van der Waals surface area contributed by atoms with Crippen LogP contribution >= 0.6 is 0 Å². The van der Waals surface area contributed by atoms with Gasteiger partial charge in [-0.05, 0) is 37.0 Å². The highest BCUT2D eigenvalue weighted by molar-refractivity contribution is 5.39. The van der Waals surface area contributed by atoms with E-state index in [4.69, 9.17) is 5.73 Å². The second-order valence-corrected chi connectivity index (χ2v) is 4.38. The highest BCUT2D eigenvalue weighted by Gasteiger charge is 2.39. The summed E-state index contributed by atoms with van der Waals surface area (Å²) in [5.74, 6) is -0.327. The Hall–Kier alpha value is -1.23. The standard InChI is InChI=1S/C11H12F3NO/c12-11(13,14)8-2-1-7(9(16)5-8)6-10(15)3-4-10/h1-2,5,16H,3-4,6,15H2. The molecule has 1 aliphatic carbocycles. The molecule has 0 heterocycles. The topological polar surface area (TPSA) is 46.2 Å². The van der Waals surface area contributed by atoms with Gasteiger partial charge in [-0.15, -0.1) is 0 Å². The molecule has 1 aromatic rings. The smallest absolute Gasteiger partial charge is 0.416 e. The molecule has 0 atom stereocenters. The van der Waals surface area contributed by atoms with Crippen molar-refractivity contribution in [2.45, 2.75) is 31.0 Å². The van der Waals surface area contributed by atoms with Gasteiger partial charge in [0.25, 0.3) is 0 Å². The molecule has 3 N–H and O–H groups in total. The molecule has 5 heteroatoms. The number of phenolic OH excluding ortho intramolecular Hbond substituents is 1. The van der Waals surface area contributed by atoms with Gasteiger partial charge in [0.1, 0.15) is 5.75 Å². The van der Waals surface area contributed by atoms with Crippen molar-refractivity contribution in [2.75, 3.05) is 0 Å². The number of alkyl halides is 3. The molecule has 16 heavy (non-hydrogen) atoms. The molecule has 1 saturated carbocycles. The van der Waals surface area contributed by atoms with Crippen molar-refractivity contribution in [1.29, 1.82) is 0 Å². The third-order valence-electron chi connectivity index (χ3n) is 2.85. The normalized spacial score (nSPS) is 18.5. The molecule has 0 aliphatic heterocycles. The molecule has 0 radical (unpaired) electrons. The van der Waals surface area contributed by atoms with Gasteiger partial charge in [-0.2, -0.15) is 13.2 Å². The minimum Gasteiger partial charge on any atom is -0.508 e. The van der Waals surface area contributed by atoms with Crippen LogP contribution in [0.25, 0.3) is 0 Å². The lowest BCUT2D eigenvalue weighted by Crippen LogP contribution is -2.24. The molecule has 0 spiro atoms. The van der Waals surface area contributed by atoms with Crippen LogP contribution in [0.4, 0.5) is 13.2 Å². The summed E-state index contributed by atoms with van der Waals surface area (Å²) in [5.41, 5.74) is 5.16. The summed E-state index contributed by atoms with van der Waals surface area (Å²) < 4.78 is 36.9. The number of hydrogen-bond donors (Lipinski definition) is 2. The molecular formula is C11H12F3NO. The fourth-order valence-electron chi connectivity index (χ4n) is 1.61. The van der Waals surface area contributed by atoms with Crippen molar-refractivity contribution in [1.82, 2.24) is 0 Å². The molecule has 0 unspecified atom stereocenters. The first-order valence-electron chi connectivity index (χ1n) is 4.98. The van der Waals surface area contributed by atoms with E-state index in [2.05, 4.69) is 0 Å². The number of hydrogen-bond acceptors (Lipinski definition) is 2. The van der Waals surface area contributed by atoms with E-state index < -0.39 is 11.7 Å². The van der Waals surface area contributed by atoms with E-state index in [1.807, 2.05) is 0 Å². The maximum atomic E-state index is 12.3. The molecule has 88 valence electrons. The maximum absolute atomic E-state index is 12.3. The van der Waals surface area contributed by atoms with Crippen LogP contribution in [0.1, 0.15) is 24.0 Å². The zero-order chi connectivity index (χ0) is 12.0. The van der Waals surface area contributed by atoms with Gasteiger partial charge in [0, 0.05) is 5.54 Å². The van der Waals surface area contributed by atoms with Crippen LogP contribution < -0.4 is 5.73 Å². The van der Waals surface area contributed by atoms with Gasteiger partial charge in [0.05, 0.1) is 5.56 Å². The van der Waals surface area contributed by atoms with Crippen molar-refractivity contribution in [2.24, 2.45) is 5.73 Å². The molecule has 2 nitrogen and oxygen atoms in total. The van der Waals surface area contributed by atoms with Crippen LogP contribution in [0.3, 0.4) is 0 Å². The molecule has 1 aromatic carbocycles. The molecule has 0 aromatic heterocycles. The Kier molecular flexibility index (Phi) is 2.38. The lowest BCUT2D eigenvalue weighted by Gasteiger charge is -2.12. The SMILES string of the molecule is NC1(Cc2ccc(C(F)(F)F)cc2O)CC1. The Morgan fingerprint density at radius 3 is 2.38 bits per heavy atom. The van der Waals surface area contributed by atoms with Crippen molar-refractivity contribution in [3.05, 3.63) is 29.3 Å². The van der Waals surface area contributed by atoms with E-state index in [0.29, 0.717) is 12.0 Å². The maximum Gasteiger partial charge on any atom is 0.416 e.